The summed E-state index contributed by atoms with van der Waals surface area (Å²) < 4.78 is 30.3. The highest BCUT2D eigenvalue weighted by Gasteiger charge is 2.53. The summed E-state index contributed by atoms with van der Waals surface area (Å²) in [5.41, 5.74) is -2.15. The minimum atomic E-state index is -0.855. The molecule has 232 valence electrons. The van der Waals surface area contributed by atoms with Crippen molar-refractivity contribution in [2.24, 2.45) is 0 Å². The summed E-state index contributed by atoms with van der Waals surface area (Å²) in [6, 6.07) is 0. The van der Waals surface area contributed by atoms with Crippen molar-refractivity contribution in [3.05, 3.63) is 11.4 Å². The molecule has 1 N–H and O–H groups in total. The van der Waals surface area contributed by atoms with Gasteiger partial charge in [0.2, 0.25) is 0 Å². The van der Waals surface area contributed by atoms with Crippen LogP contribution in [0.25, 0.3) is 0 Å². The summed E-state index contributed by atoms with van der Waals surface area (Å²) in [6.07, 6.45) is -1.90. The molecule has 1 fully saturated rings. The first-order chi connectivity index (χ1) is 18.3. The lowest BCUT2D eigenvalue weighted by Crippen LogP contribution is -2.44. The summed E-state index contributed by atoms with van der Waals surface area (Å²) in [6.45, 7) is 25.4. The molecule has 0 atom stereocenters. The highest BCUT2D eigenvalue weighted by molar-refractivity contribution is 6.63. The molecule has 0 radical (unpaired) electrons. The summed E-state index contributed by atoms with van der Waals surface area (Å²) in [5.74, 6) is 0. The molecule has 1 aromatic rings. The maximum Gasteiger partial charge on any atom is 0.498 e. The van der Waals surface area contributed by atoms with E-state index in [-0.39, 0.29) is 19.6 Å². The lowest BCUT2D eigenvalue weighted by molar-refractivity contribution is 0.00578. The van der Waals surface area contributed by atoms with E-state index in [0.717, 1.165) is 4.68 Å². The van der Waals surface area contributed by atoms with E-state index in [0.29, 0.717) is 16.9 Å². The lowest BCUT2D eigenvalue weighted by Gasteiger charge is -2.32. The number of hydrogen-bond acceptors (Lipinski definition) is 9. The van der Waals surface area contributed by atoms with Crippen molar-refractivity contribution in [1.29, 1.82) is 0 Å². The lowest BCUT2D eigenvalue weighted by atomic mass is 9.77. The van der Waals surface area contributed by atoms with E-state index in [9.17, 15) is 14.4 Å². The average molecular weight is 581 g/mol. The maximum absolute atomic E-state index is 13.3. The second kappa shape index (κ2) is 11.8. The van der Waals surface area contributed by atoms with Crippen molar-refractivity contribution in [3.63, 3.8) is 0 Å². The molecule has 0 bridgehead atoms. The van der Waals surface area contributed by atoms with Gasteiger partial charge >= 0.3 is 25.4 Å². The zero-order valence-electron chi connectivity index (χ0n) is 27.3. The summed E-state index contributed by atoms with van der Waals surface area (Å²) in [4.78, 5) is 40.0. The van der Waals surface area contributed by atoms with E-state index in [1.807, 2.05) is 27.7 Å². The third kappa shape index (κ3) is 9.63. The molecular weight excluding hydrogens is 531 g/mol. The van der Waals surface area contributed by atoms with Crippen molar-refractivity contribution in [1.82, 2.24) is 20.0 Å². The number of ether oxygens (including phenoxy) is 3. The Morgan fingerprint density at radius 2 is 1.37 bits per heavy atom. The molecular formula is C28H49BN4O8. The topological polar surface area (TPSA) is 130 Å². The van der Waals surface area contributed by atoms with E-state index in [1.54, 1.807) is 69.2 Å². The van der Waals surface area contributed by atoms with Crippen LogP contribution in [0.1, 0.15) is 101 Å². The number of hydrogen-bond donors (Lipinski definition) is 1. The SMILES string of the molecule is Cc1c(B2OC(C)(C)C(C)(C)O2)c(CN(CCNC(=O)OC(C)(C)C)C(=O)OC(C)(C)C)nn1C(=O)OC(C)(C)C. The van der Waals surface area contributed by atoms with Crippen molar-refractivity contribution < 1.29 is 37.9 Å². The van der Waals surface area contributed by atoms with Crippen LogP contribution in [0.3, 0.4) is 0 Å². The number of alkyl carbamates (subject to hydrolysis) is 1. The van der Waals surface area contributed by atoms with Gasteiger partial charge in [-0.1, -0.05) is 0 Å². The predicted molar refractivity (Wildman–Crippen MR) is 155 cm³/mol. The minimum absolute atomic E-state index is 0.0546. The van der Waals surface area contributed by atoms with Gasteiger partial charge in [0, 0.05) is 24.2 Å². The minimum Gasteiger partial charge on any atom is -0.444 e. The van der Waals surface area contributed by atoms with Gasteiger partial charge in [-0.05, 0) is 96.9 Å². The molecule has 13 heteroatoms. The summed E-state index contributed by atoms with van der Waals surface area (Å²) in [5, 5.41) is 7.23. The third-order valence-electron chi connectivity index (χ3n) is 6.34. The molecule has 1 aromatic heterocycles. The molecule has 1 aliphatic heterocycles. The third-order valence-corrected chi connectivity index (χ3v) is 6.34. The first-order valence-electron chi connectivity index (χ1n) is 13.9. The van der Waals surface area contributed by atoms with Crippen molar-refractivity contribution in [2.75, 3.05) is 13.1 Å². The molecule has 0 saturated carbocycles. The van der Waals surface area contributed by atoms with Gasteiger partial charge in [0.1, 0.15) is 16.8 Å². The van der Waals surface area contributed by atoms with Crippen LogP contribution < -0.4 is 10.8 Å². The quantitative estimate of drug-likeness (QED) is 0.381. The van der Waals surface area contributed by atoms with Crippen LogP contribution in [-0.4, -0.2) is 81.2 Å². The summed E-state index contributed by atoms with van der Waals surface area (Å²) in [7, 11) is -0.855. The zero-order chi connectivity index (χ0) is 31.8. The van der Waals surface area contributed by atoms with Crippen LogP contribution in [0.2, 0.25) is 0 Å². The van der Waals surface area contributed by atoms with E-state index in [1.165, 1.54) is 4.90 Å². The van der Waals surface area contributed by atoms with Crippen molar-refractivity contribution in [2.45, 2.75) is 131 Å². The Labute approximate surface area is 244 Å². The molecule has 0 aliphatic carbocycles. The molecule has 0 unspecified atom stereocenters. The number of rotatable bonds is 6. The highest BCUT2D eigenvalue weighted by Crippen LogP contribution is 2.37. The number of nitrogens with one attached hydrogen (secondary N) is 1. The van der Waals surface area contributed by atoms with Gasteiger partial charge in [0.05, 0.1) is 23.4 Å². The standard InChI is InChI=1S/C28H49BN4O8/c1-18-20(29-40-27(11,12)28(13,14)41-29)19(31-33(18)23(36)39-26(8,9)10)17-32(22(35)38-25(5,6)7)16-15-30-21(34)37-24(2,3)4/h15-17H2,1-14H3,(H,30,34). The zero-order valence-corrected chi connectivity index (χ0v) is 27.3. The van der Waals surface area contributed by atoms with E-state index >= 15 is 0 Å². The number of carbonyl (C=O) groups excluding carboxylic acids is 3. The van der Waals surface area contributed by atoms with Gasteiger partial charge in [0.25, 0.3) is 0 Å². The molecule has 12 nitrogen and oxygen atoms in total. The highest BCUT2D eigenvalue weighted by atomic mass is 16.7. The van der Waals surface area contributed by atoms with E-state index in [2.05, 4.69) is 10.4 Å². The Morgan fingerprint density at radius 1 is 0.878 bits per heavy atom. The molecule has 1 aliphatic rings. The monoisotopic (exact) mass is 580 g/mol. The van der Waals surface area contributed by atoms with Gasteiger partial charge in [-0.2, -0.15) is 9.78 Å². The van der Waals surface area contributed by atoms with Gasteiger partial charge < -0.3 is 33.7 Å². The number of aromatic nitrogens is 2. The fourth-order valence-corrected chi connectivity index (χ4v) is 3.79. The molecule has 1 saturated heterocycles. The predicted octanol–water partition coefficient (Wildman–Crippen LogP) is 4.54. The fraction of sp³-hybridized carbons (Fsp3) is 0.786. The van der Waals surface area contributed by atoms with Crippen LogP contribution in [0.15, 0.2) is 0 Å². The van der Waals surface area contributed by atoms with Gasteiger partial charge in [-0.15, -0.1) is 0 Å². The van der Waals surface area contributed by atoms with Crippen molar-refractivity contribution in [3.8, 4) is 0 Å². The van der Waals surface area contributed by atoms with Crippen LogP contribution in [0, 0.1) is 6.92 Å². The second-order valence-corrected chi connectivity index (χ2v) is 14.3. The molecule has 0 aromatic carbocycles. The first kappa shape index (κ1) is 34.4. The Hall–Kier alpha value is -2.80. The van der Waals surface area contributed by atoms with Crippen molar-refractivity contribution >= 4 is 30.9 Å². The fourth-order valence-electron chi connectivity index (χ4n) is 3.79. The normalized spacial score (nSPS) is 16.8. The van der Waals surface area contributed by atoms with E-state index < -0.39 is 53.4 Å². The maximum atomic E-state index is 13.3. The number of nitrogens with zero attached hydrogens (tertiary/aromatic N) is 3. The van der Waals surface area contributed by atoms with Gasteiger partial charge in [-0.25, -0.2) is 14.4 Å². The molecule has 2 amide bonds. The van der Waals surface area contributed by atoms with Crippen LogP contribution >= 0.6 is 0 Å². The Balaban J connectivity index is 2.48. The van der Waals surface area contributed by atoms with E-state index in [4.69, 9.17) is 23.5 Å². The smallest absolute Gasteiger partial charge is 0.444 e. The van der Waals surface area contributed by atoms with Crippen LogP contribution in [0.4, 0.5) is 14.4 Å². The second-order valence-electron chi connectivity index (χ2n) is 14.3. The molecule has 2 heterocycles. The Bertz CT molecular complexity index is 1110. The average Bonchev–Trinajstić information content (AvgIpc) is 3.14. The van der Waals surface area contributed by atoms with Gasteiger partial charge in [-0.3, -0.25) is 0 Å². The largest absolute Gasteiger partial charge is 0.498 e. The van der Waals surface area contributed by atoms with Crippen LogP contribution in [0.5, 0.6) is 0 Å². The Morgan fingerprint density at radius 3 is 1.83 bits per heavy atom. The first-order valence-corrected chi connectivity index (χ1v) is 13.9. The van der Waals surface area contributed by atoms with Gasteiger partial charge in [0.15, 0.2) is 0 Å². The number of amides is 2. The number of carbonyl (C=O) groups is 3. The molecule has 0 spiro atoms. The Kier molecular flexibility index (Phi) is 9.93. The summed E-state index contributed by atoms with van der Waals surface area (Å²) >= 11 is 0. The van der Waals surface area contributed by atoms with Crippen LogP contribution in [-0.2, 0) is 30.1 Å². The molecule has 2 rings (SSSR count). The molecule has 41 heavy (non-hydrogen) atoms.